The fourth-order valence-corrected chi connectivity index (χ4v) is 1.66. The minimum absolute atomic E-state index is 0.475. The first-order chi connectivity index (χ1) is 6.19. The average molecular weight is 242 g/mol. The van der Waals surface area contributed by atoms with Crippen LogP contribution in [-0.4, -0.2) is 13.2 Å². The molecule has 0 aliphatic rings. The van der Waals surface area contributed by atoms with E-state index >= 15 is 0 Å². The lowest BCUT2D eigenvalue weighted by atomic mass is 10.2. The molecule has 3 nitrogen and oxygen atoms in total. The summed E-state index contributed by atoms with van der Waals surface area (Å²) in [5.41, 5.74) is 1.51. The Morgan fingerprint density at radius 1 is 1.54 bits per heavy atom. The third-order valence-corrected chi connectivity index (χ3v) is 2.15. The number of aliphatic imine (C=N–C) groups is 1. The van der Waals surface area contributed by atoms with Gasteiger partial charge in [-0.05, 0) is 40.5 Å². The van der Waals surface area contributed by atoms with Gasteiger partial charge in [0.05, 0.1) is 7.11 Å². The Morgan fingerprint density at radius 2 is 2.23 bits per heavy atom. The van der Waals surface area contributed by atoms with Gasteiger partial charge in [-0.1, -0.05) is 0 Å². The number of ether oxygens (including phenoxy) is 1. The normalized spacial score (nSPS) is 9.15. The van der Waals surface area contributed by atoms with Crippen LogP contribution in [-0.2, 0) is 4.79 Å². The molecule has 0 aliphatic heterocycles. The van der Waals surface area contributed by atoms with Crippen molar-refractivity contribution in [3.05, 3.63) is 22.2 Å². The Bertz CT molecular complexity index is 370. The number of rotatable bonds is 2. The summed E-state index contributed by atoms with van der Waals surface area (Å²) in [5.74, 6) is 0.565. The minimum Gasteiger partial charge on any atom is -0.494 e. The smallest absolute Gasteiger partial charge is 0.240 e. The molecule has 0 radical (unpaired) electrons. The van der Waals surface area contributed by atoms with Crippen molar-refractivity contribution in [1.82, 2.24) is 0 Å². The SMILES string of the molecule is COc1cc(C)cc(Br)c1N=C=O. The predicted octanol–water partition coefficient (Wildman–Crippen LogP) is 2.73. The van der Waals surface area contributed by atoms with E-state index in [4.69, 9.17) is 4.74 Å². The molecule has 0 atom stereocenters. The standard InChI is InChI=1S/C9H8BrNO2/c1-6-3-7(10)9(11-5-12)8(4-6)13-2/h3-4H,1-2H3. The summed E-state index contributed by atoms with van der Waals surface area (Å²) in [7, 11) is 1.53. The Kier molecular flexibility index (Phi) is 3.23. The van der Waals surface area contributed by atoms with Crippen molar-refractivity contribution in [2.24, 2.45) is 4.99 Å². The Hall–Kier alpha value is -1.12. The van der Waals surface area contributed by atoms with Crippen molar-refractivity contribution in [3.63, 3.8) is 0 Å². The van der Waals surface area contributed by atoms with Crippen LogP contribution in [0.2, 0.25) is 0 Å². The summed E-state index contributed by atoms with van der Waals surface area (Å²) in [6, 6.07) is 3.67. The molecule has 0 spiro atoms. The zero-order valence-corrected chi connectivity index (χ0v) is 8.88. The van der Waals surface area contributed by atoms with E-state index in [1.165, 1.54) is 13.2 Å². The van der Waals surface area contributed by atoms with E-state index in [9.17, 15) is 4.79 Å². The molecule has 68 valence electrons. The maximum absolute atomic E-state index is 10.1. The van der Waals surface area contributed by atoms with E-state index in [0.29, 0.717) is 11.4 Å². The molecular weight excluding hydrogens is 234 g/mol. The molecule has 0 amide bonds. The van der Waals surface area contributed by atoms with Gasteiger partial charge in [0.25, 0.3) is 0 Å². The van der Waals surface area contributed by atoms with Gasteiger partial charge in [-0.2, -0.15) is 4.99 Å². The van der Waals surface area contributed by atoms with Gasteiger partial charge >= 0.3 is 0 Å². The van der Waals surface area contributed by atoms with Crippen LogP contribution >= 0.6 is 15.9 Å². The molecule has 0 bridgehead atoms. The predicted molar refractivity (Wildman–Crippen MR) is 53.2 cm³/mol. The first-order valence-electron chi connectivity index (χ1n) is 3.61. The molecule has 0 unspecified atom stereocenters. The number of halogens is 1. The molecule has 1 rings (SSSR count). The zero-order chi connectivity index (χ0) is 9.84. The van der Waals surface area contributed by atoms with Crippen LogP contribution in [0.15, 0.2) is 21.6 Å². The van der Waals surface area contributed by atoms with Crippen molar-refractivity contribution in [2.75, 3.05) is 7.11 Å². The van der Waals surface area contributed by atoms with Gasteiger partial charge in [0, 0.05) is 4.47 Å². The summed E-state index contributed by atoms with van der Waals surface area (Å²) in [4.78, 5) is 13.7. The number of benzene rings is 1. The second-order valence-electron chi connectivity index (χ2n) is 2.50. The van der Waals surface area contributed by atoms with Gasteiger partial charge in [-0.25, -0.2) is 4.79 Å². The lowest BCUT2D eigenvalue weighted by Crippen LogP contribution is -1.85. The number of aryl methyl sites for hydroxylation is 1. The van der Waals surface area contributed by atoms with E-state index < -0.39 is 0 Å². The summed E-state index contributed by atoms with van der Waals surface area (Å²) >= 11 is 3.29. The number of carbonyl (C=O) groups excluding carboxylic acids is 1. The number of hydrogen-bond donors (Lipinski definition) is 0. The third kappa shape index (κ3) is 2.17. The summed E-state index contributed by atoms with van der Waals surface area (Å²) in [6.07, 6.45) is 1.48. The average Bonchev–Trinajstić information content (AvgIpc) is 2.09. The van der Waals surface area contributed by atoms with Gasteiger partial charge < -0.3 is 4.74 Å². The van der Waals surface area contributed by atoms with E-state index in [0.717, 1.165) is 10.0 Å². The lowest BCUT2D eigenvalue weighted by molar-refractivity contribution is 0.415. The molecule has 0 heterocycles. The second-order valence-corrected chi connectivity index (χ2v) is 3.36. The van der Waals surface area contributed by atoms with E-state index in [1.54, 1.807) is 6.07 Å². The van der Waals surface area contributed by atoms with Crippen LogP contribution in [0.5, 0.6) is 5.75 Å². The van der Waals surface area contributed by atoms with Gasteiger partial charge in [0.2, 0.25) is 6.08 Å². The Labute approximate surface area is 84.6 Å². The topological polar surface area (TPSA) is 38.7 Å². The highest BCUT2D eigenvalue weighted by atomic mass is 79.9. The summed E-state index contributed by atoms with van der Waals surface area (Å²) in [5, 5.41) is 0. The first kappa shape index (κ1) is 9.96. The van der Waals surface area contributed by atoms with Crippen molar-refractivity contribution in [1.29, 1.82) is 0 Å². The third-order valence-electron chi connectivity index (χ3n) is 1.55. The highest BCUT2D eigenvalue weighted by Gasteiger charge is 2.07. The van der Waals surface area contributed by atoms with Crippen molar-refractivity contribution < 1.29 is 9.53 Å². The van der Waals surface area contributed by atoms with E-state index in [-0.39, 0.29) is 0 Å². The first-order valence-corrected chi connectivity index (χ1v) is 4.40. The van der Waals surface area contributed by atoms with Crippen LogP contribution in [0.1, 0.15) is 5.56 Å². The number of nitrogens with zero attached hydrogens (tertiary/aromatic N) is 1. The zero-order valence-electron chi connectivity index (χ0n) is 7.30. The van der Waals surface area contributed by atoms with Crippen LogP contribution < -0.4 is 4.74 Å². The maximum Gasteiger partial charge on any atom is 0.240 e. The highest BCUT2D eigenvalue weighted by Crippen LogP contribution is 2.35. The van der Waals surface area contributed by atoms with Gasteiger partial charge in [0.1, 0.15) is 11.4 Å². The monoisotopic (exact) mass is 241 g/mol. The maximum atomic E-state index is 10.1. The number of methoxy groups -OCH3 is 1. The van der Waals surface area contributed by atoms with Crippen LogP contribution in [0.25, 0.3) is 0 Å². The fraction of sp³-hybridized carbons (Fsp3) is 0.222. The Balaban J connectivity index is 3.37. The minimum atomic E-state index is 0.475. The van der Waals surface area contributed by atoms with E-state index in [2.05, 4.69) is 20.9 Å². The summed E-state index contributed by atoms with van der Waals surface area (Å²) in [6.45, 7) is 1.93. The Morgan fingerprint density at radius 3 is 2.77 bits per heavy atom. The largest absolute Gasteiger partial charge is 0.494 e. The van der Waals surface area contributed by atoms with Crippen LogP contribution in [0.4, 0.5) is 5.69 Å². The molecule has 13 heavy (non-hydrogen) atoms. The molecule has 0 aromatic heterocycles. The molecular formula is C9H8BrNO2. The van der Waals surface area contributed by atoms with Crippen LogP contribution in [0.3, 0.4) is 0 Å². The molecule has 0 aliphatic carbocycles. The highest BCUT2D eigenvalue weighted by molar-refractivity contribution is 9.10. The van der Waals surface area contributed by atoms with Gasteiger partial charge in [-0.15, -0.1) is 0 Å². The molecule has 4 heteroatoms. The molecule has 0 saturated heterocycles. The van der Waals surface area contributed by atoms with Crippen molar-refractivity contribution in [2.45, 2.75) is 6.92 Å². The number of isocyanates is 1. The molecule has 1 aromatic rings. The number of hydrogen-bond acceptors (Lipinski definition) is 3. The molecule has 1 aromatic carbocycles. The second kappa shape index (κ2) is 4.21. The molecule has 0 fully saturated rings. The lowest BCUT2D eigenvalue weighted by Gasteiger charge is -2.05. The van der Waals surface area contributed by atoms with Gasteiger partial charge in [0.15, 0.2) is 0 Å². The van der Waals surface area contributed by atoms with Crippen molar-refractivity contribution in [3.8, 4) is 5.75 Å². The van der Waals surface area contributed by atoms with Crippen LogP contribution in [0, 0.1) is 6.92 Å². The summed E-state index contributed by atoms with van der Waals surface area (Å²) < 4.78 is 5.79. The van der Waals surface area contributed by atoms with Crippen molar-refractivity contribution >= 4 is 27.7 Å². The molecule has 0 saturated carbocycles. The van der Waals surface area contributed by atoms with E-state index in [1.807, 2.05) is 13.0 Å². The fourth-order valence-electron chi connectivity index (χ4n) is 1.01. The quantitative estimate of drug-likeness (QED) is 0.590. The van der Waals surface area contributed by atoms with Gasteiger partial charge in [-0.3, -0.25) is 0 Å². The molecule has 0 N–H and O–H groups in total.